The van der Waals surface area contributed by atoms with Gasteiger partial charge in [0.05, 0.1) is 16.8 Å². The van der Waals surface area contributed by atoms with Gasteiger partial charge in [0.15, 0.2) is 0 Å². The van der Waals surface area contributed by atoms with Crippen molar-refractivity contribution in [2.24, 2.45) is 0 Å². The van der Waals surface area contributed by atoms with Crippen LogP contribution in [0.25, 0.3) is 27.1 Å². The summed E-state index contributed by atoms with van der Waals surface area (Å²) in [7, 11) is 0. The molecule has 0 radical (unpaired) electrons. The third kappa shape index (κ3) is 2.97. The predicted octanol–water partition coefficient (Wildman–Crippen LogP) is 10.9. The quantitative estimate of drug-likeness (QED) is 0.199. The van der Waals surface area contributed by atoms with Gasteiger partial charge in [-0.3, -0.25) is 0 Å². The second kappa shape index (κ2) is 8.46. The molecule has 2 heteroatoms. The Kier molecular flexibility index (Phi) is 4.77. The number of hydrogen-bond acceptors (Lipinski definition) is 1. The monoisotopic (exact) mass is 543 g/mol. The second-order valence-electron chi connectivity index (χ2n) is 11.3. The summed E-state index contributed by atoms with van der Waals surface area (Å²) in [6.07, 6.45) is 6.72. The summed E-state index contributed by atoms with van der Waals surface area (Å²) >= 11 is 6.69. The van der Waals surface area contributed by atoms with Crippen LogP contribution in [0, 0.1) is 0 Å². The zero-order chi connectivity index (χ0) is 27.1. The average Bonchev–Trinajstić information content (AvgIpc) is 3.31. The SMILES string of the molecule is Clc1ccc2c(c1)C1=C(CCC=C1)C21c2ccc3ccccc3c2N(c2ccccc2)c2c1ccc1ccccc21. The van der Waals surface area contributed by atoms with Crippen LogP contribution in [0.3, 0.4) is 0 Å². The minimum absolute atomic E-state index is 0.413. The third-order valence-corrected chi connectivity index (χ3v) is 9.60. The molecular weight excluding hydrogens is 518 g/mol. The van der Waals surface area contributed by atoms with Crippen molar-refractivity contribution < 1.29 is 0 Å². The van der Waals surface area contributed by atoms with E-state index < -0.39 is 5.41 Å². The summed E-state index contributed by atoms with van der Waals surface area (Å²) in [5.74, 6) is 0. The van der Waals surface area contributed by atoms with E-state index in [0.29, 0.717) is 0 Å². The van der Waals surface area contributed by atoms with E-state index in [1.54, 1.807) is 0 Å². The Labute approximate surface area is 244 Å². The van der Waals surface area contributed by atoms with Gasteiger partial charge in [0.1, 0.15) is 0 Å². The Morgan fingerprint density at radius 1 is 0.610 bits per heavy atom. The van der Waals surface area contributed by atoms with Gasteiger partial charge in [-0.05, 0) is 81.3 Å². The van der Waals surface area contributed by atoms with Gasteiger partial charge in [-0.25, -0.2) is 0 Å². The number of halogens is 1. The molecule has 1 nitrogen and oxygen atoms in total. The first-order valence-electron chi connectivity index (χ1n) is 14.4. The molecule has 0 bridgehead atoms. The van der Waals surface area contributed by atoms with Crippen molar-refractivity contribution in [2.75, 3.05) is 4.90 Å². The summed E-state index contributed by atoms with van der Waals surface area (Å²) in [5, 5.41) is 5.81. The molecule has 41 heavy (non-hydrogen) atoms. The molecule has 6 aromatic carbocycles. The maximum atomic E-state index is 6.69. The number of fused-ring (bicyclic) bond motifs is 12. The highest BCUT2D eigenvalue weighted by atomic mass is 35.5. The minimum atomic E-state index is -0.413. The zero-order valence-corrected chi connectivity index (χ0v) is 23.2. The van der Waals surface area contributed by atoms with Crippen LogP contribution in [0.4, 0.5) is 17.1 Å². The molecule has 1 aliphatic heterocycles. The second-order valence-corrected chi connectivity index (χ2v) is 11.7. The minimum Gasteiger partial charge on any atom is -0.309 e. The van der Waals surface area contributed by atoms with Crippen molar-refractivity contribution in [3.8, 4) is 0 Å². The number of nitrogens with zero attached hydrogens (tertiary/aromatic N) is 1. The summed E-state index contributed by atoms with van der Waals surface area (Å²) in [6.45, 7) is 0. The summed E-state index contributed by atoms with van der Waals surface area (Å²) in [6, 6.07) is 44.6. The molecule has 1 heterocycles. The highest BCUT2D eigenvalue weighted by Crippen LogP contribution is 2.66. The lowest BCUT2D eigenvalue weighted by Gasteiger charge is -2.47. The first-order chi connectivity index (χ1) is 20.3. The van der Waals surface area contributed by atoms with E-state index in [1.165, 1.54) is 72.0 Å². The fourth-order valence-corrected chi connectivity index (χ4v) is 8.01. The van der Waals surface area contributed by atoms with Crippen LogP contribution in [-0.2, 0) is 5.41 Å². The Morgan fingerprint density at radius 3 is 1.90 bits per heavy atom. The fraction of sp³-hybridized carbons (Fsp3) is 0.0769. The molecule has 6 aromatic rings. The van der Waals surface area contributed by atoms with Gasteiger partial charge in [0.2, 0.25) is 0 Å². The summed E-state index contributed by atoms with van der Waals surface area (Å²) in [4.78, 5) is 2.54. The molecule has 0 unspecified atom stereocenters. The van der Waals surface area contributed by atoms with Crippen molar-refractivity contribution in [1.29, 1.82) is 0 Å². The lowest BCUT2D eigenvalue weighted by atomic mass is 9.62. The molecule has 9 rings (SSSR count). The van der Waals surface area contributed by atoms with Crippen LogP contribution in [0.15, 0.2) is 139 Å². The van der Waals surface area contributed by atoms with Crippen LogP contribution >= 0.6 is 11.6 Å². The molecule has 194 valence electrons. The van der Waals surface area contributed by atoms with Gasteiger partial charge in [0.25, 0.3) is 0 Å². The zero-order valence-electron chi connectivity index (χ0n) is 22.4. The van der Waals surface area contributed by atoms with Crippen LogP contribution in [-0.4, -0.2) is 0 Å². The smallest absolute Gasteiger partial charge is 0.0717 e. The highest BCUT2D eigenvalue weighted by Gasteiger charge is 2.53. The van der Waals surface area contributed by atoms with Gasteiger partial charge in [-0.2, -0.15) is 0 Å². The summed E-state index contributed by atoms with van der Waals surface area (Å²) in [5.41, 5.74) is 11.4. The molecule has 0 aromatic heterocycles. The first kappa shape index (κ1) is 23.1. The Balaban J connectivity index is 1.55. The first-order valence-corrected chi connectivity index (χ1v) is 14.7. The normalized spacial score (nSPS) is 16.2. The van der Waals surface area contributed by atoms with Crippen LogP contribution in [0.2, 0.25) is 5.02 Å². The van der Waals surface area contributed by atoms with Crippen molar-refractivity contribution in [3.05, 3.63) is 166 Å². The van der Waals surface area contributed by atoms with Gasteiger partial charge in [-0.15, -0.1) is 0 Å². The largest absolute Gasteiger partial charge is 0.309 e. The molecule has 0 saturated carbocycles. The van der Waals surface area contributed by atoms with E-state index in [4.69, 9.17) is 11.6 Å². The van der Waals surface area contributed by atoms with E-state index in [0.717, 1.165) is 17.9 Å². The molecule has 0 amide bonds. The highest BCUT2D eigenvalue weighted by molar-refractivity contribution is 6.31. The lowest BCUT2D eigenvalue weighted by molar-refractivity contribution is 0.689. The molecule has 3 aliphatic rings. The molecule has 0 N–H and O–H groups in total. The maximum absolute atomic E-state index is 6.69. The van der Waals surface area contributed by atoms with Crippen molar-refractivity contribution in [3.63, 3.8) is 0 Å². The van der Waals surface area contributed by atoms with Gasteiger partial charge in [0, 0.05) is 21.5 Å². The Morgan fingerprint density at radius 2 is 1.22 bits per heavy atom. The van der Waals surface area contributed by atoms with E-state index in [1.807, 2.05) is 0 Å². The van der Waals surface area contributed by atoms with Crippen molar-refractivity contribution in [1.82, 2.24) is 0 Å². The number of benzene rings is 6. The standard InChI is InChI=1S/C39H26ClN/c40-27-20-23-34-32(24-27)31-16-8-9-17-33(31)39(34)35-21-18-25-10-4-6-14-29(25)37(35)41(28-12-2-1-3-13-28)38-30-15-7-5-11-26(30)19-22-36(38)39/h1-8,10-16,18-24H,9,17H2. The lowest BCUT2D eigenvalue weighted by Crippen LogP contribution is -2.37. The van der Waals surface area contributed by atoms with Gasteiger partial charge >= 0.3 is 0 Å². The Hall–Kier alpha value is -4.59. The fourth-order valence-electron chi connectivity index (χ4n) is 7.84. The van der Waals surface area contributed by atoms with Gasteiger partial charge < -0.3 is 4.90 Å². The van der Waals surface area contributed by atoms with E-state index in [2.05, 4.69) is 138 Å². The number of anilines is 3. The molecule has 0 atom stereocenters. The number of allylic oxidation sites excluding steroid dienone is 4. The van der Waals surface area contributed by atoms with E-state index in [9.17, 15) is 0 Å². The molecule has 0 fully saturated rings. The predicted molar refractivity (Wildman–Crippen MR) is 173 cm³/mol. The topological polar surface area (TPSA) is 3.24 Å². The average molecular weight is 544 g/mol. The number of hydrogen-bond donors (Lipinski definition) is 0. The van der Waals surface area contributed by atoms with Crippen molar-refractivity contribution in [2.45, 2.75) is 18.3 Å². The van der Waals surface area contributed by atoms with Crippen LogP contribution in [0.5, 0.6) is 0 Å². The third-order valence-electron chi connectivity index (χ3n) is 9.37. The maximum Gasteiger partial charge on any atom is 0.0717 e. The molecule has 2 aliphatic carbocycles. The number of rotatable bonds is 1. The van der Waals surface area contributed by atoms with E-state index >= 15 is 0 Å². The Bertz CT molecular complexity index is 2030. The summed E-state index contributed by atoms with van der Waals surface area (Å²) < 4.78 is 0. The molecule has 1 spiro atoms. The molecule has 0 saturated heterocycles. The van der Waals surface area contributed by atoms with Crippen LogP contribution < -0.4 is 4.90 Å². The molecular formula is C39H26ClN. The van der Waals surface area contributed by atoms with Gasteiger partial charge in [-0.1, -0.05) is 121 Å². The van der Waals surface area contributed by atoms with Crippen LogP contribution in [0.1, 0.15) is 35.1 Å². The van der Waals surface area contributed by atoms with E-state index in [-0.39, 0.29) is 0 Å². The van der Waals surface area contributed by atoms with Crippen molar-refractivity contribution >= 4 is 55.8 Å². The number of para-hydroxylation sites is 1.